The van der Waals surface area contributed by atoms with Gasteiger partial charge in [0.2, 0.25) is 0 Å². The summed E-state index contributed by atoms with van der Waals surface area (Å²) in [5, 5.41) is 0. The number of hydrogen-bond acceptors (Lipinski definition) is 1. The molecule has 0 aromatic rings. The Morgan fingerprint density at radius 2 is 1.50 bits per heavy atom. The van der Waals surface area contributed by atoms with Gasteiger partial charge in [-0.3, -0.25) is 0 Å². The molecule has 0 unspecified atom stereocenters. The Morgan fingerprint density at radius 3 is 1.86 bits per heavy atom. The van der Waals surface area contributed by atoms with Gasteiger partial charge in [-0.25, -0.2) is 0 Å². The molecule has 1 fully saturated rings. The van der Waals surface area contributed by atoms with E-state index in [0.717, 1.165) is 0 Å². The van der Waals surface area contributed by atoms with Gasteiger partial charge in [-0.15, -0.1) is 0 Å². The van der Waals surface area contributed by atoms with Crippen LogP contribution in [-0.2, 0) is 0 Å². The Morgan fingerprint density at radius 1 is 1.00 bits per heavy atom. The summed E-state index contributed by atoms with van der Waals surface area (Å²) in [5.41, 5.74) is 0.952. The van der Waals surface area contributed by atoms with Crippen molar-refractivity contribution in [2.75, 3.05) is 13.1 Å². The van der Waals surface area contributed by atoms with Gasteiger partial charge in [-0.05, 0) is 37.6 Å². The lowest BCUT2D eigenvalue weighted by Crippen LogP contribution is -2.52. The minimum absolute atomic E-state index is 0. The fourth-order valence-corrected chi connectivity index (χ4v) is 2.00. The minimum atomic E-state index is 0. The smallest absolute Gasteiger partial charge is 0.00405 e. The number of nitrogens with zero attached hydrogens (tertiary/aromatic N) is 1. The van der Waals surface area contributed by atoms with Gasteiger partial charge in [-0.1, -0.05) is 35.1 Å². The molecule has 1 rings (SSSR count). The van der Waals surface area contributed by atoms with Crippen molar-refractivity contribution in [2.24, 2.45) is 10.8 Å². The monoisotopic (exact) mass is 199 g/mol. The third kappa shape index (κ3) is 2.50. The molecule has 0 radical (unpaired) electrons. The lowest BCUT2D eigenvalue weighted by molar-refractivity contribution is -0.0175. The molecule has 86 valence electrons. The summed E-state index contributed by atoms with van der Waals surface area (Å²) < 4.78 is 0. The quantitative estimate of drug-likeness (QED) is 0.621. The second-order valence-corrected chi connectivity index (χ2v) is 6.08. The first-order valence-electron chi connectivity index (χ1n) is 5.50. The molecule has 14 heavy (non-hydrogen) atoms. The summed E-state index contributed by atoms with van der Waals surface area (Å²) in [6.07, 6.45) is 1.33. The van der Waals surface area contributed by atoms with Crippen LogP contribution in [0.25, 0.3) is 0 Å². The molecule has 1 saturated heterocycles. The standard InChI is InChI=1S/C12H25N.CH4/c1-10(2)13-8-7-11(3,4)12(5,6)9-13;/h10H,7-9H2,1-6H3;1H4. The molecule has 1 heterocycles. The highest BCUT2D eigenvalue weighted by molar-refractivity contribution is 4.93. The van der Waals surface area contributed by atoms with Gasteiger partial charge in [0.15, 0.2) is 0 Å². The van der Waals surface area contributed by atoms with Crippen molar-refractivity contribution in [3.05, 3.63) is 0 Å². The van der Waals surface area contributed by atoms with Crippen molar-refractivity contribution in [1.29, 1.82) is 0 Å². The Kier molecular flexibility index (Phi) is 4.21. The Hall–Kier alpha value is -0.0400. The van der Waals surface area contributed by atoms with Gasteiger partial charge in [-0.2, -0.15) is 0 Å². The predicted molar refractivity (Wildman–Crippen MR) is 65.6 cm³/mol. The molecule has 0 N–H and O–H groups in total. The molecule has 1 aliphatic heterocycles. The van der Waals surface area contributed by atoms with E-state index in [1.54, 1.807) is 0 Å². The predicted octanol–water partition coefficient (Wildman–Crippen LogP) is 3.79. The zero-order valence-corrected chi connectivity index (χ0v) is 10.1. The van der Waals surface area contributed by atoms with Gasteiger partial charge in [0, 0.05) is 12.6 Å². The van der Waals surface area contributed by atoms with E-state index in [0.29, 0.717) is 16.9 Å². The summed E-state index contributed by atoms with van der Waals surface area (Å²) in [4.78, 5) is 2.60. The van der Waals surface area contributed by atoms with Gasteiger partial charge in [0.1, 0.15) is 0 Å². The first kappa shape index (κ1) is 14.0. The fraction of sp³-hybridized carbons (Fsp3) is 1.00. The lowest BCUT2D eigenvalue weighted by atomic mass is 9.63. The normalized spacial score (nSPS) is 25.9. The van der Waals surface area contributed by atoms with Crippen LogP contribution in [0.5, 0.6) is 0 Å². The van der Waals surface area contributed by atoms with Crippen molar-refractivity contribution in [3.8, 4) is 0 Å². The van der Waals surface area contributed by atoms with Crippen molar-refractivity contribution in [2.45, 2.75) is 61.4 Å². The maximum absolute atomic E-state index is 2.60. The van der Waals surface area contributed by atoms with E-state index in [1.165, 1.54) is 19.5 Å². The van der Waals surface area contributed by atoms with Crippen LogP contribution in [0.4, 0.5) is 0 Å². The highest BCUT2D eigenvalue weighted by atomic mass is 15.2. The summed E-state index contributed by atoms with van der Waals surface area (Å²) in [5.74, 6) is 0. The zero-order valence-electron chi connectivity index (χ0n) is 10.1. The summed E-state index contributed by atoms with van der Waals surface area (Å²) in [6.45, 7) is 16.7. The second kappa shape index (κ2) is 4.22. The Labute approximate surface area is 90.9 Å². The number of rotatable bonds is 1. The molecule has 0 saturated carbocycles. The van der Waals surface area contributed by atoms with Crippen LogP contribution >= 0.6 is 0 Å². The fourth-order valence-electron chi connectivity index (χ4n) is 2.00. The Balaban J connectivity index is 0.00000169. The highest BCUT2D eigenvalue weighted by Gasteiger charge is 2.42. The molecule has 0 aliphatic carbocycles. The SMILES string of the molecule is C.CC(C)N1CCC(C)(C)C(C)(C)C1. The van der Waals surface area contributed by atoms with Crippen LogP contribution in [0, 0.1) is 10.8 Å². The molecule has 1 heteroatoms. The van der Waals surface area contributed by atoms with Crippen LogP contribution in [0.3, 0.4) is 0 Å². The third-order valence-corrected chi connectivity index (χ3v) is 4.18. The average Bonchev–Trinajstić information content (AvgIpc) is 1.94. The number of likely N-dealkylation sites (tertiary alicyclic amines) is 1. The molecular weight excluding hydrogens is 170 g/mol. The van der Waals surface area contributed by atoms with E-state index in [4.69, 9.17) is 0 Å². The molecule has 0 atom stereocenters. The van der Waals surface area contributed by atoms with E-state index in [1.807, 2.05) is 0 Å². The second-order valence-electron chi connectivity index (χ2n) is 6.08. The van der Waals surface area contributed by atoms with Gasteiger partial charge in [0.25, 0.3) is 0 Å². The average molecular weight is 199 g/mol. The highest BCUT2D eigenvalue weighted by Crippen LogP contribution is 2.45. The molecule has 0 amide bonds. The lowest BCUT2D eigenvalue weighted by Gasteiger charge is -2.51. The van der Waals surface area contributed by atoms with Crippen molar-refractivity contribution in [1.82, 2.24) is 4.90 Å². The first-order chi connectivity index (χ1) is 5.76. The summed E-state index contributed by atoms with van der Waals surface area (Å²) in [6, 6.07) is 0.704. The van der Waals surface area contributed by atoms with Gasteiger partial charge < -0.3 is 4.90 Å². The van der Waals surface area contributed by atoms with E-state index in [9.17, 15) is 0 Å². The van der Waals surface area contributed by atoms with Crippen LogP contribution in [0.15, 0.2) is 0 Å². The maximum Gasteiger partial charge on any atom is 0.00405 e. The van der Waals surface area contributed by atoms with Crippen molar-refractivity contribution >= 4 is 0 Å². The van der Waals surface area contributed by atoms with Crippen LogP contribution in [0.1, 0.15) is 55.4 Å². The largest absolute Gasteiger partial charge is 0.300 e. The van der Waals surface area contributed by atoms with Crippen LogP contribution in [-0.4, -0.2) is 24.0 Å². The van der Waals surface area contributed by atoms with Crippen molar-refractivity contribution < 1.29 is 0 Å². The van der Waals surface area contributed by atoms with Gasteiger partial charge >= 0.3 is 0 Å². The van der Waals surface area contributed by atoms with Crippen molar-refractivity contribution in [3.63, 3.8) is 0 Å². The third-order valence-electron chi connectivity index (χ3n) is 4.18. The topological polar surface area (TPSA) is 3.24 Å². The van der Waals surface area contributed by atoms with E-state index in [2.05, 4.69) is 46.4 Å². The van der Waals surface area contributed by atoms with Crippen LogP contribution in [0.2, 0.25) is 0 Å². The van der Waals surface area contributed by atoms with E-state index < -0.39 is 0 Å². The first-order valence-corrected chi connectivity index (χ1v) is 5.50. The molecule has 0 bridgehead atoms. The van der Waals surface area contributed by atoms with Gasteiger partial charge in [0.05, 0.1) is 0 Å². The molecule has 1 aliphatic rings. The summed E-state index contributed by atoms with van der Waals surface area (Å²) in [7, 11) is 0. The molecule has 0 aromatic carbocycles. The molecule has 0 aromatic heterocycles. The number of piperidine rings is 1. The molecule has 1 nitrogen and oxygen atoms in total. The maximum atomic E-state index is 2.60. The zero-order chi connectivity index (χ0) is 10.3. The van der Waals surface area contributed by atoms with E-state index >= 15 is 0 Å². The minimum Gasteiger partial charge on any atom is -0.300 e. The molecule has 0 spiro atoms. The Bertz CT molecular complexity index is 180. The molecular formula is C13H29N. The van der Waals surface area contributed by atoms with E-state index in [-0.39, 0.29) is 7.43 Å². The number of hydrogen-bond donors (Lipinski definition) is 0. The van der Waals surface area contributed by atoms with Crippen LogP contribution < -0.4 is 0 Å². The summed E-state index contributed by atoms with van der Waals surface area (Å²) >= 11 is 0.